The molecule has 0 aliphatic carbocycles. The van der Waals surface area contributed by atoms with Crippen molar-refractivity contribution in [2.45, 2.75) is 25.1 Å². The van der Waals surface area contributed by atoms with Crippen LogP contribution in [0.1, 0.15) is 29.6 Å². The summed E-state index contributed by atoms with van der Waals surface area (Å²) in [4.78, 5) is 0. The van der Waals surface area contributed by atoms with Crippen LogP contribution in [0.25, 0.3) is 0 Å². The van der Waals surface area contributed by atoms with Gasteiger partial charge in [-0.15, -0.1) is 0 Å². The van der Waals surface area contributed by atoms with Gasteiger partial charge in [0.2, 0.25) is 5.95 Å². The number of benzene rings is 2. The standard InChI is InChI=1S/C17H14ClF2N5O/c18-12-5-1-10(2-6-12)14-9-15(25-17(21-14)22-23-24-25)11-3-7-13(8-4-11)26-16(19)20/h1-8,14-16H,9H2,(H,21,22,24)/t14-,15+/m0/s1. The van der Waals surface area contributed by atoms with Crippen molar-refractivity contribution in [2.24, 2.45) is 0 Å². The van der Waals surface area contributed by atoms with Gasteiger partial charge >= 0.3 is 6.61 Å². The first kappa shape index (κ1) is 16.7. The van der Waals surface area contributed by atoms with Crippen molar-refractivity contribution >= 4 is 17.5 Å². The van der Waals surface area contributed by atoms with Gasteiger partial charge in [0, 0.05) is 5.02 Å². The van der Waals surface area contributed by atoms with Crippen LogP contribution in [-0.4, -0.2) is 26.8 Å². The Kier molecular flexibility index (Phi) is 4.42. The zero-order valence-corrected chi connectivity index (χ0v) is 14.1. The Morgan fingerprint density at radius 3 is 2.46 bits per heavy atom. The largest absolute Gasteiger partial charge is 0.435 e. The Hall–Kier alpha value is -2.74. The van der Waals surface area contributed by atoms with E-state index in [0.29, 0.717) is 17.4 Å². The number of rotatable bonds is 4. The third kappa shape index (κ3) is 3.32. The summed E-state index contributed by atoms with van der Waals surface area (Å²) in [5, 5.41) is 15.8. The first-order chi connectivity index (χ1) is 12.6. The van der Waals surface area contributed by atoms with E-state index in [9.17, 15) is 8.78 Å². The van der Waals surface area contributed by atoms with Crippen LogP contribution in [0.2, 0.25) is 5.02 Å². The van der Waals surface area contributed by atoms with Gasteiger partial charge in [0.15, 0.2) is 0 Å². The average molecular weight is 378 g/mol. The van der Waals surface area contributed by atoms with Crippen LogP contribution in [0.15, 0.2) is 48.5 Å². The molecule has 0 unspecified atom stereocenters. The number of aromatic nitrogens is 4. The number of halogens is 3. The number of tetrazole rings is 1. The van der Waals surface area contributed by atoms with Crippen molar-refractivity contribution in [3.63, 3.8) is 0 Å². The Balaban J connectivity index is 1.63. The molecule has 0 saturated carbocycles. The molecule has 0 fully saturated rings. The second kappa shape index (κ2) is 6.87. The highest BCUT2D eigenvalue weighted by atomic mass is 35.5. The Bertz CT molecular complexity index is 885. The minimum atomic E-state index is -2.85. The highest BCUT2D eigenvalue weighted by molar-refractivity contribution is 6.30. The molecule has 2 aromatic carbocycles. The number of nitrogens with one attached hydrogen (secondary N) is 1. The van der Waals surface area contributed by atoms with Crippen LogP contribution >= 0.6 is 11.6 Å². The fraction of sp³-hybridized carbons (Fsp3) is 0.235. The molecule has 4 rings (SSSR count). The molecule has 1 aliphatic rings. The summed E-state index contributed by atoms with van der Waals surface area (Å²) in [6, 6.07) is 14.0. The van der Waals surface area contributed by atoms with E-state index in [-0.39, 0.29) is 17.8 Å². The molecule has 0 saturated heterocycles. The summed E-state index contributed by atoms with van der Waals surface area (Å²) in [6.07, 6.45) is 0.689. The third-order valence-electron chi connectivity index (χ3n) is 4.31. The quantitative estimate of drug-likeness (QED) is 0.742. The maximum Gasteiger partial charge on any atom is 0.387 e. The molecule has 134 valence electrons. The lowest BCUT2D eigenvalue weighted by Crippen LogP contribution is -2.28. The second-order valence-corrected chi connectivity index (χ2v) is 6.33. The van der Waals surface area contributed by atoms with Crippen LogP contribution in [-0.2, 0) is 0 Å². The van der Waals surface area contributed by atoms with Gasteiger partial charge in [-0.25, -0.2) is 4.68 Å². The minimum Gasteiger partial charge on any atom is -0.435 e. The van der Waals surface area contributed by atoms with Gasteiger partial charge in [0.05, 0.1) is 12.1 Å². The lowest BCUT2D eigenvalue weighted by atomic mass is 9.93. The van der Waals surface area contributed by atoms with Crippen LogP contribution in [0.4, 0.5) is 14.7 Å². The van der Waals surface area contributed by atoms with Gasteiger partial charge in [-0.2, -0.15) is 8.78 Å². The summed E-state index contributed by atoms with van der Waals surface area (Å²) in [6.45, 7) is -2.85. The Morgan fingerprint density at radius 2 is 1.77 bits per heavy atom. The fourth-order valence-electron chi connectivity index (χ4n) is 3.10. The SMILES string of the molecule is FC(F)Oc1ccc([C@H]2C[C@@H](c3ccc(Cl)cc3)Nc3nnnn32)cc1. The van der Waals surface area contributed by atoms with Gasteiger partial charge in [-0.3, -0.25) is 0 Å². The van der Waals surface area contributed by atoms with E-state index in [1.54, 1.807) is 16.8 Å². The molecule has 1 aromatic heterocycles. The van der Waals surface area contributed by atoms with Crippen molar-refractivity contribution in [2.75, 3.05) is 5.32 Å². The van der Waals surface area contributed by atoms with Crippen molar-refractivity contribution in [3.8, 4) is 5.75 Å². The van der Waals surface area contributed by atoms with E-state index in [1.165, 1.54) is 12.1 Å². The molecular weight excluding hydrogens is 364 g/mol. The highest BCUT2D eigenvalue weighted by Gasteiger charge is 2.30. The van der Waals surface area contributed by atoms with Gasteiger partial charge in [-0.05, 0) is 52.2 Å². The molecule has 6 nitrogen and oxygen atoms in total. The predicted molar refractivity (Wildman–Crippen MR) is 91.5 cm³/mol. The monoisotopic (exact) mass is 377 g/mol. The van der Waals surface area contributed by atoms with Crippen LogP contribution in [0.5, 0.6) is 5.75 Å². The van der Waals surface area contributed by atoms with Gasteiger partial charge in [-0.1, -0.05) is 41.0 Å². The van der Waals surface area contributed by atoms with Crippen molar-refractivity contribution < 1.29 is 13.5 Å². The fourth-order valence-corrected chi connectivity index (χ4v) is 3.23. The average Bonchev–Trinajstić information content (AvgIpc) is 3.10. The van der Waals surface area contributed by atoms with E-state index < -0.39 is 6.61 Å². The normalized spacial score (nSPS) is 19.1. The predicted octanol–water partition coefficient (Wildman–Crippen LogP) is 4.07. The van der Waals surface area contributed by atoms with E-state index >= 15 is 0 Å². The number of anilines is 1. The topological polar surface area (TPSA) is 64.9 Å². The first-order valence-corrected chi connectivity index (χ1v) is 8.32. The van der Waals surface area contributed by atoms with Crippen molar-refractivity contribution in [3.05, 3.63) is 64.7 Å². The zero-order chi connectivity index (χ0) is 18.1. The minimum absolute atomic E-state index is 0.00671. The van der Waals surface area contributed by atoms with Gasteiger partial charge < -0.3 is 10.1 Å². The van der Waals surface area contributed by atoms with E-state index in [4.69, 9.17) is 11.6 Å². The highest BCUT2D eigenvalue weighted by Crippen LogP contribution is 2.37. The molecule has 1 aliphatic heterocycles. The summed E-state index contributed by atoms with van der Waals surface area (Å²) in [5.41, 5.74) is 1.96. The lowest BCUT2D eigenvalue weighted by molar-refractivity contribution is -0.0498. The molecule has 3 aromatic rings. The van der Waals surface area contributed by atoms with E-state index in [1.807, 2.05) is 24.3 Å². The number of nitrogens with zero attached hydrogens (tertiary/aromatic N) is 4. The van der Waals surface area contributed by atoms with Crippen molar-refractivity contribution in [1.29, 1.82) is 0 Å². The van der Waals surface area contributed by atoms with E-state index in [0.717, 1.165) is 11.1 Å². The van der Waals surface area contributed by atoms with Crippen molar-refractivity contribution in [1.82, 2.24) is 20.2 Å². The molecule has 0 amide bonds. The Morgan fingerprint density at radius 1 is 1.08 bits per heavy atom. The third-order valence-corrected chi connectivity index (χ3v) is 4.56. The molecule has 26 heavy (non-hydrogen) atoms. The Labute approximate surface area is 152 Å². The molecule has 9 heteroatoms. The molecule has 2 atom stereocenters. The zero-order valence-electron chi connectivity index (χ0n) is 13.4. The lowest BCUT2D eigenvalue weighted by Gasteiger charge is -2.31. The summed E-state index contributed by atoms with van der Waals surface area (Å²) < 4.78 is 30.8. The maximum absolute atomic E-state index is 12.3. The molecule has 0 spiro atoms. The van der Waals surface area contributed by atoms with Crippen LogP contribution < -0.4 is 10.1 Å². The number of alkyl halides is 2. The molecule has 1 N–H and O–H groups in total. The number of hydrogen-bond acceptors (Lipinski definition) is 5. The first-order valence-electron chi connectivity index (χ1n) is 7.95. The second-order valence-electron chi connectivity index (χ2n) is 5.89. The molecule has 0 bridgehead atoms. The number of hydrogen-bond donors (Lipinski definition) is 1. The summed E-state index contributed by atoms with van der Waals surface area (Å²) in [5.74, 6) is 0.665. The van der Waals surface area contributed by atoms with Crippen LogP contribution in [0, 0.1) is 0 Å². The van der Waals surface area contributed by atoms with Crippen LogP contribution in [0.3, 0.4) is 0 Å². The maximum atomic E-state index is 12.3. The van der Waals surface area contributed by atoms with Gasteiger partial charge in [0.25, 0.3) is 0 Å². The van der Waals surface area contributed by atoms with E-state index in [2.05, 4.69) is 25.6 Å². The smallest absolute Gasteiger partial charge is 0.387 e. The number of ether oxygens (including phenoxy) is 1. The summed E-state index contributed by atoms with van der Waals surface area (Å²) >= 11 is 5.97. The molecular formula is C17H14ClF2N5O. The van der Waals surface area contributed by atoms with Gasteiger partial charge in [0.1, 0.15) is 5.75 Å². The summed E-state index contributed by atoms with van der Waals surface area (Å²) in [7, 11) is 0. The molecule has 0 radical (unpaired) electrons. The molecule has 2 heterocycles. The number of fused-ring (bicyclic) bond motifs is 1.